The van der Waals surface area contributed by atoms with Crippen molar-refractivity contribution in [1.82, 2.24) is 20.7 Å². The Bertz CT molecular complexity index is 424. The monoisotopic (exact) mass is 290 g/mol. The molecule has 116 valence electrons. The molecule has 5 nitrogen and oxygen atoms in total. The lowest BCUT2D eigenvalue weighted by Crippen LogP contribution is -2.44. The third kappa shape index (κ3) is 5.83. The number of hydrazine groups is 1. The minimum absolute atomic E-state index is 0.0494. The van der Waals surface area contributed by atoms with Gasteiger partial charge in [-0.1, -0.05) is 37.3 Å². The van der Waals surface area contributed by atoms with Crippen molar-refractivity contribution in [3.63, 3.8) is 0 Å². The van der Waals surface area contributed by atoms with Gasteiger partial charge in [0.1, 0.15) is 0 Å². The molecule has 2 N–H and O–H groups in total. The summed E-state index contributed by atoms with van der Waals surface area (Å²) in [7, 11) is 0. The van der Waals surface area contributed by atoms with Gasteiger partial charge < -0.3 is 0 Å². The molecule has 1 aromatic rings. The topological polar surface area (TPSA) is 47.6 Å². The predicted molar refractivity (Wildman–Crippen MR) is 84.6 cm³/mol. The summed E-state index contributed by atoms with van der Waals surface area (Å²) in [6.07, 6.45) is 1.11. The van der Waals surface area contributed by atoms with Crippen LogP contribution in [-0.4, -0.2) is 55.0 Å². The normalized spacial score (nSPS) is 17.4. The smallest absolute Gasteiger partial charge is 0.248 e. The summed E-state index contributed by atoms with van der Waals surface area (Å²) in [5, 5.41) is 0. The third-order valence-corrected chi connectivity index (χ3v) is 3.70. The number of amides is 1. The molecule has 1 aliphatic heterocycles. The Morgan fingerprint density at radius 3 is 2.57 bits per heavy atom. The van der Waals surface area contributed by atoms with Crippen molar-refractivity contribution in [2.24, 2.45) is 0 Å². The van der Waals surface area contributed by atoms with Crippen molar-refractivity contribution in [2.45, 2.75) is 19.9 Å². The maximum absolute atomic E-state index is 11.7. The van der Waals surface area contributed by atoms with Gasteiger partial charge in [-0.25, -0.2) is 5.43 Å². The zero-order valence-electron chi connectivity index (χ0n) is 12.8. The van der Waals surface area contributed by atoms with Crippen molar-refractivity contribution in [2.75, 3.05) is 39.3 Å². The van der Waals surface area contributed by atoms with Crippen molar-refractivity contribution in [3.8, 4) is 0 Å². The number of hydrogen-bond acceptors (Lipinski definition) is 4. The summed E-state index contributed by atoms with van der Waals surface area (Å²) in [4.78, 5) is 16.4. The molecule has 1 aliphatic rings. The van der Waals surface area contributed by atoms with Crippen LogP contribution in [0.3, 0.4) is 0 Å². The molecule has 0 radical (unpaired) electrons. The lowest BCUT2D eigenvalue weighted by Gasteiger charge is -2.21. The Morgan fingerprint density at radius 2 is 1.81 bits per heavy atom. The Morgan fingerprint density at radius 1 is 1.10 bits per heavy atom. The molecule has 5 heteroatoms. The molecule has 0 atom stereocenters. The molecule has 2 rings (SSSR count). The lowest BCUT2D eigenvalue weighted by atomic mass is 10.2. The highest BCUT2D eigenvalue weighted by molar-refractivity contribution is 5.77. The van der Waals surface area contributed by atoms with E-state index in [9.17, 15) is 4.79 Å². The van der Waals surface area contributed by atoms with Crippen LogP contribution < -0.4 is 10.9 Å². The Hall–Kier alpha value is -1.43. The van der Waals surface area contributed by atoms with E-state index in [0.717, 1.165) is 45.7 Å². The van der Waals surface area contributed by atoms with Crippen LogP contribution in [0.25, 0.3) is 0 Å². The van der Waals surface area contributed by atoms with Crippen LogP contribution in [0.2, 0.25) is 0 Å². The average Bonchev–Trinajstić information content (AvgIpc) is 2.72. The van der Waals surface area contributed by atoms with Gasteiger partial charge in [-0.15, -0.1) is 0 Å². The molecule has 1 saturated heterocycles. The van der Waals surface area contributed by atoms with E-state index in [1.165, 1.54) is 5.56 Å². The average molecular weight is 290 g/mol. The molecule has 1 fully saturated rings. The highest BCUT2D eigenvalue weighted by Crippen LogP contribution is 2.08. The van der Waals surface area contributed by atoms with E-state index in [0.29, 0.717) is 6.54 Å². The molecule has 0 aromatic heterocycles. The SMILES string of the molecule is CCNNC(=O)CN1CCCN(Cc2ccccc2)CC1. The van der Waals surface area contributed by atoms with E-state index in [1.807, 2.05) is 6.92 Å². The Labute approximate surface area is 127 Å². The second kappa shape index (κ2) is 8.77. The number of carbonyl (C=O) groups is 1. The number of rotatable bonds is 6. The quantitative estimate of drug-likeness (QED) is 0.762. The van der Waals surface area contributed by atoms with Gasteiger partial charge >= 0.3 is 0 Å². The number of nitrogens with one attached hydrogen (secondary N) is 2. The second-order valence-electron chi connectivity index (χ2n) is 5.47. The van der Waals surface area contributed by atoms with Gasteiger partial charge in [0, 0.05) is 26.2 Å². The van der Waals surface area contributed by atoms with Crippen molar-refractivity contribution < 1.29 is 4.79 Å². The van der Waals surface area contributed by atoms with E-state index in [4.69, 9.17) is 0 Å². The van der Waals surface area contributed by atoms with Gasteiger partial charge in [0.2, 0.25) is 5.91 Å². The molecule has 0 unspecified atom stereocenters. The molecule has 0 saturated carbocycles. The highest BCUT2D eigenvalue weighted by Gasteiger charge is 2.16. The largest absolute Gasteiger partial charge is 0.298 e. The fraction of sp³-hybridized carbons (Fsp3) is 0.562. The van der Waals surface area contributed by atoms with Crippen LogP contribution in [0.5, 0.6) is 0 Å². The van der Waals surface area contributed by atoms with Crippen molar-refractivity contribution in [1.29, 1.82) is 0 Å². The first-order valence-corrected chi connectivity index (χ1v) is 7.78. The molecule has 0 spiro atoms. The van der Waals surface area contributed by atoms with Crippen LogP contribution >= 0.6 is 0 Å². The summed E-state index contributed by atoms with van der Waals surface area (Å²) in [6.45, 7) is 8.25. The second-order valence-corrected chi connectivity index (χ2v) is 5.47. The van der Waals surface area contributed by atoms with E-state index in [1.54, 1.807) is 0 Å². The van der Waals surface area contributed by atoms with Crippen LogP contribution in [0, 0.1) is 0 Å². The first kappa shape index (κ1) is 15.9. The Balaban J connectivity index is 1.75. The van der Waals surface area contributed by atoms with Gasteiger partial charge in [0.05, 0.1) is 6.54 Å². The molecule has 21 heavy (non-hydrogen) atoms. The summed E-state index contributed by atoms with van der Waals surface area (Å²) in [5.41, 5.74) is 6.92. The predicted octanol–water partition coefficient (Wildman–Crippen LogP) is 0.835. The number of carbonyl (C=O) groups excluding carboxylic acids is 1. The maximum atomic E-state index is 11.7. The number of hydrogen-bond donors (Lipinski definition) is 2. The number of benzene rings is 1. The van der Waals surface area contributed by atoms with E-state index >= 15 is 0 Å². The molecule has 1 aromatic carbocycles. The summed E-state index contributed by atoms with van der Waals surface area (Å²) >= 11 is 0. The lowest BCUT2D eigenvalue weighted by molar-refractivity contribution is -0.123. The minimum atomic E-state index is 0.0494. The fourth-order valence-corrected chi connectivity index (χ4v) is 2.61. The zero-order valence-corrected chi connectivity index (χ0v) is 12.8. The van der Waals surface area contributed by atoms with Gasteiger partial charge in [-0.3, -0.25) is 20.0 Å². The zero-order chi connectivity index (χ0) is 14.9. The van der Waals surface area contributed by atoms with Crippen molar-refractivity contribution in [3.05, 3.63) is 35.9 Å². The van der Waals surface area contributed by atoms with E-state index in [-0.39, 0.29) is 5.91 Å². The molecular formula is C16H26N4O. The van der Waals surface area contributed by atoms with Gasteiger partial charge in [0.15, 0.2) is 0 Å². The van der Waals surface area contributed by atoms with Crippen LogP contribution in [0.15, 0.2) is 30.3 Å². The molecule has 0 bridgehead atoms. The summed E-state index contributed by atoms with van der Waals surface area (Å²) < 4.78 is 0. The standard InChI is InChI=1S/C16H26N4O/c1-2-17-18-16(21)14-20-10-6-9-19(11-12-20)13-15-7-4-3-5-8-15/h3-5,7-8,17H,2,6,9-14H2,1H3,(H,18,21). The first-order chi connectivity index (χ1) is 10.3. The Kier molecular flexibility index (Phi) is 6.66. The summed E-state index contributed by atoms with van der Waals surface area (Å²) in [5.74, 6) is 0.0494. The van der Waals surface area contributed by atoms with Crippen molar-refractivity contribution >= 4 is 5.91 Å². The van der Waals surface area contributed by atoms with Gasteiger partial charge in [-0.05, 0) is 25.1 Å². The highest BCUT2D eigenvalue weighted by atomic mass is 16.2. The van der Waals surface area contributed by atoms with E-state index in [2.05, 4.69) is 51.0 Å². The van der Waals surface area contributed by atoms with Crippen LogP contribution in [0.1, 0.15) is 18.9 Å². The van der Waals surface area contributed by atoms with Crippen LogP contribution in [-0.2, 0) is 11.3 Å². The van der Waals surface area contributed by atoms with Crippen LogP contribution in [0.4, 0.5) is 0 Å². The van der Waals surface area contributed by atoms with Gasteiger partial charge in [0.25, 0.3) is 0 Å². The number of nitrogens with zero attached hydrogens (tertiary/aromatic N) is 2. The van der Waals surface area contributed by atoms with Gasteiger partial charge in [-0.2, -0.15) is 0 Å². The fourth-order valence-electron chi connectivity index (χ4n) is 2.61. The third-order valence-electron chi connectivity index (χ3n) is 3.70. The van der Waals surface area contributed by atoms with E-state index < -0.39 is 0 Å². The first-order valence-electron chi connectivity index (χ1n) is 7.78. The molecule has 1 heterocycles. The maximum Gasteiger partial charge on any atom is 0.248 e. The molecular weight excluding hydrogens is 264 g/mol. The molecule has 1 amide bonds. The minimum Gasteiger partial charge on any atom is -0.298 e. The molecule has 0 aliphatic carbocycles. The summed E-state index contributed by atoms with van der Waals surface area (Å²) in [6, 6.07) is 10.6.